The number of benzene rings is 1. The molecule has 2 heterocycles. The average Bonchev–Trinajstić information content (AvgIpc) is 2.96. The van der Waals surface area contributed by atoms with E-state index in [-0.39, 0.29) is 5.69 Å². The van der Waals surface area contributed by atoms with Crippen LogP contribution in [0.1, 0.15) is 0 Å². The number of fused-ring (bicyclic) bond motifs is 1. The van der Waals surface area contributed by atoms with Crippen LogP contribution in [0.5, 0.6) is 17.2 Å². The number of nitrogens with two attached hydrogens (primary N) is 1. The van der Waals surface area contributed by atoms with Gasteiger partial charge in [0.05, 0.1) is 32.3 Å². The molecule has 1 aromatic carbocycles. The Morgan fingerprint density at radius 1 is 1.12 bits per heavy atom. The van der Waals surface area contributed by atoms with Crippen LogP contribution in [-0.4, -0.2) is 35.6 Å². The highest BCUT2D eigenvalue weighted by Gasteiger charge is 2.19. The molecule has 3 aromatic rings. The zero-order chi connectivity index (χ0) is 18.1. The summed E-state index contributed by atoms with van der Waals surface area (Å²) in [6.45, 7) is 0. The second-order valence-electron chi connectivity index (χ2n) is 5.13. The van der Waals surface area contributed by atoms with Gasteiger partial charge < -0.3 is 19.9 Å². The molecule has 0 aliphatic carbocycles. The fourth-order valence-corrected chi connectivity index (χ4v) is 2.60. The van der Waals surface area contributed by atoms with Crippen molar-refractivity contribution in [2.75, 3.05) is 27.1 Å². The molecule has 0 saturated heterocycles. The van der Waals surface area contributed by atoms with Crippen molar-refractivity contribution in [3.05, 3.63) is 40.6 Å². The van der Waals surface area contributed by atoms with Crippen molar-refractivity contribution in [3.8, 4) is 28.5 Å². The van der Waals surface area contributed by atoms with Crippen LogP contribution in [0.15, 0.2) is 30.5 Å². The van der Waals surface area contributed by atoms with Gasteiger partial charge in [-0.3, -0.25) is 14.5 Å². The van der Waals surface area contributed by atoms with Crippen molar-refractivity contribution in [2.45, 2.75) is 0 Å². The highest BCUT2D eigenvalue weighted by atomic mass is 16.6. The number of aromatic nitrogens is 2. The van der Waals surface area contributed by atoms with Crippen molar-refractivity contribution < 1.29 is 19.1 Å². The smallest absolute Gasteiger partial charge is 0.274 e. The van der Waals surface area contributed by atoms with Crippen LogP contribution in [0.2, 0.25) is 0 Å². The largest absolute Gasteiger partial charge is 0.493 e. The summed E-state index contributed by atoms with van der Waals surface area (Å²) < 4.78 is 17.5. The van der Waals surface area contributed by atoms with Crippen molar-refractivity contribution in [2.24, 2.45) is 0 Å². The lowest BCUT2D eigenvalue weighted by atomic mass is 10.1. The first-order chi connectivity index (χ1) is 12.0. The summed E-state index contributed by atoms with van der Waals surface area (Å²) >= 11 is 0. The number of ether oxygens (including phenoxy) is 3. The molecular weight excluding hydrogens is 328 g/mol. The normalized spacial score (nSPS) is 10.7. The SMILES string of the molecule is COc1cc(-c2nc3cc([N+](=O)[O-])ccn3c2N)cc(OC)c1OC. The summed E-state index contributed by atoms with van der Waals surface area (Å²) in [6, 6.07) is 6.16. The zero-order valence-electron chi connectivity index (χ0n) is 13.8. The lowest BCUT2D eigenvalue weighted by Crippen LogP contribution is -1.97. The number of anilines is 1. The molecule has 2 N–H and O–H groups in total. The fraction of sp³-hybridized carbons (Fsp3) is 0.188. The maximum Gasteiger partial charge on any atom is 0.274 e. The molecule has 25 heavy (non-hydrogen) atoms. The Hall–Kier alpha value is -3.49. The van der Waals surface area contributed by atoms with Crippen LogP contribution in [0, 0.1) is 10.1 Å². The van der Waals surface area contributed by atoms with Gasteiger partial charge in [-0.2, -0.15) is 0 Å². The second-order valence-corrected chi connectivity index (χ2v) is 5.13. The molecule has 2 aromatic heterocycles. The number of nitrogens with zero attached hydrogens (tertiary/aromatic N) is 3. The molecule has 0 atom stereocenters. The summed E-state index contributed by atoms with van der Waals surface area (Å²) in [5.74, 6) is 1.71. The van der Waals surface area contributed by atoms with Crippen LogP contribution in [0.4, 0.5) is 11.5 Å². The number of nitro groups is 1. The molecule has 9 nitrogen and oxygen atoms in total. The summed E-state index contributed by atoms with van der Waals surface area (Å²) in [5, 5.41) is 10.9. The number of pyridine rings is 1. The molecule has 3 rings (SSSR count). The monoisotopic (exact) mass is 344 g/mol. The summed E-state index contributed by atoms with van der Waals surface area (Å²) in [4.78, 5) is 14.9. The maximum absolute atomic E-state index is 10.9. The zero-order valence-corrected chi connectivity index (χ0v) is 13.8. The second kappa shape index (κ2) is 6.19. The van der Waals surface area contributed by atoms with Gasteiger partial charge in [-0.15, -0.1) is 0 Å². The minimum atomic E-state index is -0.482. The van der Waals surface area contributed by atoms with Gasteiger partial charge in [-0.05, 0) is 12.1 Å². The first-order valence-electron chi connectivity index (χ1n) is 7.22. The lowest BCUT2D eigenvalue weighted by Gasteiger charge is -2.13. The number of rotatable bonds is 5. The van der Waals surface area contributed by atoms with Gasteiger partial charge in [0.15, 0.2) is 11.5 Å². The van der Waals surface area contributed by atoms with E-state index in [9.17, 15) is 10.1 Å². The van der Waals surface area contributed by atoms with Crippen LogP contribution in [-0.2, 0) is 0 Å². The first-order valence-corrected chi connectivity index (χ1v) is 7.22. The Morgan fingerprint density at radius 2 is 1.76 bits per heavy atom. The molecule has 130 valence electrons. The maximum atomic E-state index is 10.9. The van der Waals surface area contributed by atoms with Crippen LogP contribution in [0.25, 0.3) is 16.9 Å². The minimum Gasteiger partial charge on any atom is -0.493 e. The number of imidazole rings is 1. The van der Waals surface area contributed by atoms with E-state index in [4.69, 9.17) is 19.9 Å². The fourth-order valence-electron chi connectivity index (χ4n) is 2.60. The summed E-state index contributed by atoms with van der Waals surface area (Å²) in [7, 11) is 4.54. The third-order valence-electron chi connectivity index (χ3n) is 3.80. The van der Waals surface area contributed by atoms with Crippen LogP contribution in [0.3, 0.4) is 0 Å². The van der Waals surface area contributed by atoms with Crippen molar-refractivity contribution in [1.82, 2.24) is 9.38 Å². The average molecular weight is 344 g/mol. The van der Waals surface area contributed by atoms with E-state index in [1.54, 1.807) is 16.5 Å². The molecule has 0 aliphatic heterocycles. The molecule has 9 heteroatoms. The van der Waals surface area contributed by atoms with E-state index in [0.29, 0.717) is 40.0 Å². The minimum absolute atomic E-state index is 0.0612. The first kappa shape index (κ1) is 16.4. The Kier molecular flexibility index (Phi) is 4.05. The quantitative estimate of drug-likeness (QED) is 0.558. The molecule has 0 fully saturated rings. The third kappa shape index (κ3) is 2.65. The molecule has 0 unspecified atom stereocenters. The molecule has 0 aliphatic rings. The standard InChI is InChI=1S/C16H16N4O5/c1-23-11-6-9(7-12(24-2)15(11)25-3)14-16(17)19-5-4-10(20(21)22)8-13(19)18-14/h4-8H,17H2,1-3H3. The summed E-state index contributed by atoms with van der Waals surface area (Å²) in [6.07, 6.45) is 1.51. The van der Waals surface area contributed by atoms with Gasteiger partial charge in [-0.25, -0.2) is 4.98 Å². The Labute approximate surface area is 142 Å². The van der Waals surface area contributed by atoms with Gasteiger partial charge in [0.2, 0.25) is 5.75 Å². The highest BCUT2D eigenvalue weighted by Crippen LogP contribution is 2.42. The predicted octanol–water partition coefficient (Wildman–Crippen LogP) is 2.52. The molecule has 0 radical (unpaired) electrons. The van der Waals surface area contributed by atoms with Crippen molar-refractivity contribution >= 4 is 17.2 Å². The lowest BCUT2D eigenvalue weighted by molar-refractivity contribution is -0.384. The summed E-state index contributed by atoms with van der Waals surface area (Å²) in [5.41, 5.74) is 7.57. The van der Waals surface area contributed by atoms with E-state index in [1.165, 1.54) is 39.7 Å². The van der Waals surface area contributed by atoms with Crippen molar-refractivity contribution in [1.29, 1.82) is 0 Å². The molecule has 0 bridgehead atoms. The van der Waals surface area contributed by atoms with Gasteiger partial charge in [-0.1, -0.05) is 0 Å². The van der Waals surface area contributed by atoms with Gasteiger partial charge >= 0.3 is 0 Å². The molecule has 0 saturated carbocycles. The topological polar surface area (TPSA) is 114 Å². The number of methoxy groups -OCH3 is 3. The predicted molar refractivity (Wildman–Crippen MR) is 91.4 cm³/mol. The Morgan fingerprint density at radius 3 is 2.28 bits per heavy atom. The van der Waals surface area contributed by atoms with Crippen molar-refractivity contribution in [3.63, 3.8) is 0 Å². The number of hydrogen-bond acceptors (Lipinski definition) is 7. The van der Waals surface area contributed by atoms with Gasteiger partial charge in [0.25, 0.3) is 5.69 Å². The van der Waals surface area contributed by atoms with E-state index in [2.05, 4.69) is 4.98 Å². The Bertz CT molecular complexity index is 942. The molecule has 0 amide bonds. The van der Waals surface area contributed by atoms with Gasteiger partial charge in [0, 0.05) is 17.8 Å². The van der Waals surface area contributed by atoms with E-state index in [1.807, 2.05) is 0 Å². The van der Waals surface area contributed by atoms with E-state index < -0.39 is 4.92 Å². The third-order valence-corrected chi connectivity index (χ3v) is 3.80. The number of hydrogen-bond donors (Lipinski definition) is 1. The highest BCUT2D eigenvalue weighted by molar-refractivity contribution is 5.78. The molecular formula is C16H16N4O5. The molecule has 0 spiro atoms. The number of nitrogen functional groups attached to an aromatic ring is 1. The van der Waals surface area contributed by atoms with Crippen LogP contribution < -0.4 is 19.9 Å². The van der Waals surface area contributed by atoms with E-state index in [0.717, 1.165) is 0 Å². The Balaban J connectivity index is 2.22. The van der Waals surface area contributed by atoms with Crippen LogP contribution >= 0.6 is 0 Å². The van der Waals surface area contributed by atoms with E-state index >= 15 is 0 Å². The van der Waals surface area contributed by atoms with Gasteiger partial charge in [0.1, 0.15) is 17.2 Å².